The van der Waals surface area contributed by atoms with Gasteiger partial charge in [0.1, 0.15) is 17.3 Å². The highest BCUT2D eigenvalue weighted by Crippen LogP contribution is 2.35. The minimum Gasteiger partial charge on any atom is -0.364 e. The minimum absolute atomic E-state index is 0.0557. The predicted octanol–water partition coefficient (Wildman–Crippen LogP) is 4.64. The SMILES string of the molecule is CCCC(c1ccccc1)N1C[C@H](C)N(c2cc(=O)n(C)c3ccc(C#N)nc23)C[C@H]1CC. The van der Waals surface area contributed by atoms with Crippen LogP contribution in [0, 0.1) is 11.3 Å². The number of aromatic nitrogens is 2. The first kappa shape index (κ1) is 23.0. The van der Waals surface area contributed by atoms with Gasteiger partial charge in [-0.3, -0.25) is 9.69 Å². The van der Waals surface area contributed by atoms with E-state index in [1.54, 1.807) is 23.7 Å². The quantitative estimate of drug-likeness (QED) is 0.555. The summed E-state index contributed by atoms with van der Waals surface area (Å²) < 4.78 is 1.61. The van der Waals surface area contributed by atoms with E-state index in [0.717, 1.165) is 49.1 Å². The van der Waals surface area contributed by atoms with Gasteiger partial charge in [-0.2, -0.15) is 5.26 Å². The average Bonchev–Trinajstić information content (AvgIpc) is 2.85. The summed E-state index contributed by atoms with van der Waals surface area (Å²) in [7, 11) is 1.76. The van der Waals surface area contributed by atoms with Crippen molar-refractivity contribution in [2.45, 2.75) is 58.2 Å². The van der Waals surface area contributed by atoms with Crippen LogP contribution in [0.2, 0.25) is 0 Å². The molecule has 1 fully saturated rings. The molecule has 0 saturated carbocycles. The number of nitrogens with zero attached hydrogens (tertiary/aromatic N) is 5. The van der Waals surface area contributed by atoms with Gasteiger partial charge in [-0.25, -0.2) is 4.98 Å². The van der Waals surface area contributed by atoms with Crippen LogP contribution >= 0.6 is 0 Å². The second-order valence-corrected chi connectivity index (χ2v) is 9.08. The van der Waals surface area contributed by atoms with Crippen LogP contribution in [0.3, 0.4) is 0 Å². The van der Waals surface area contributed by atoms with Crippen LogP contribution in [0.5, 0.6) is 0 Å². The molecule has 0 amide bonds. The van der Waals surface area contributed by atoms with Gasteiger partial charge >= 0.3 is 0 Å². The fraction of sp³-hybridized carbons (Fsp3) is 0.444. The Labute approximate surface area is 196 Å². The lowest BCUT2D eigenvalue weighted by atomic mass is 9.94. The lowest BCUT2D eigenvalue weighted by Gasteiger charge is -2.49. The third kappa shape index (κ3) is 4.38. The maximum absolute atomic E-state index is 12.8. The molecule has 1 aromatic carbocycles. The fourth-order valence-corrected chi connectivity index (χ4v) is 5.21. The Morgan fingerprint density at radius 3 is 2.58 bits per heavy atom. The third-order valence-corrected chi connectivity index (χ3v) is 6.99. The molecule has 6 nitrogen and oxygen atoms in total. The van der Waals surface area contributed by atoms with E-state index in [0.29, 0.717) is 17.8 Å². The Balaban J connectivity index is 1.74. The first-order valence-electron chi connectivity index (χ1n) is 12.0. The molecule has 4 rings (SSSR count). The standard InChI is InChI=1S/C27H33N5O/c1-5-10-23(20-11-8-7-9-12-20)32-17-19(3)31(18-22(32)6-2)25-15-26(33)30(4)24-14-13-21(16-28)29-27(24)25/h7-9,11-15,19,22-23H,5-6,10,17-18H2,1-4H3/t19-,22+,23?/m0/s1. The number of fused-ring (bicyclic) bond motifs is 1. The molecule has 172 valence electrons. The van der Waals surface area contributed by atoms with Crippen LogP contribution in [0.15, 0.2) is 53.3 Å². The Morgan fingerprint density at radius 2 is 1.91 bits per heavy atom. The number of rotatable bonds is 6. The summed E-state index contributed by atoms with van der Waals surface area (Å²) in [6.07, 6.45) is 3.27. The van der Waals surface area contributed by atoms with E-state index in [2.05, 4.69) is 72.0 Å². The molecular formula is C27H33N5O. The second-order valence-electron chi connectivity index (χ2n) is 9.08. The van der Waals surface area contributed by atoms with E-state index in [-0.39, 0.29) is 11.6 Å². The van der Waals surface area contributed by atoms with Gasteiger partial charge in [-0.1, -0.05) is 50.6 Å². The van der Waals surface area contributed by atoms with Gasteiger partial charge in [0, 0.05) is 44.3 Å². The van der Waals surface area contributed by atoms with E-state index in [1.165, 1.54) is 5.56 Å². The summed E-state index contributed by atoms with van der Waals surface area (Å²) in [6, 6.07) is 19.1. The van der Waals surface area contributed by atoms with E-state index in [4.69, 9.17) is 0 Å². The fourth-order valence-electron chi connectivity index (χ4n) is 5.21. The highest BCUT2D eigenvalue weighted by molar-refractivity contribution is 5.89. The van der Waals surface area contributed by atoms with Crippen molar-refractivity contribution in [3.8, 4) is 6.07 Å². The molecule has 6 heteroatoms. The Kier molecular flexibility index (Phi) is 6.80. The number of nitriles is 1. The van der Waals surface area contributed by atoms with Crippen molar-refractivity contribution in [1.29, 1.82) is 5.26 Å². The predicted molar refractivity (Wildman–Crippen MR) is 133 cm³/mol. The van der Waals surface area contributed by atoms with E-state index >= 15 is 0 Å². The largest absolute Gasteiger partial charge is 0.364 e. The van der Waals surface area contributed by atoms with Crippen LogP contribution in [0.4, 0.5) is 5.69 Å². The number of hydrogen-bond donors (Lipinski definition) is 0. The van der Waals surface area contributed by atoms with Gasteiger partial charge in [0.05, 0.1) is 11.2 Å². The lowest BCUT2D eigenvalue weighted by Crippen LogP contribution is -2.58. The summed E-state index contributed by atoms with van der Waals surface area (Å²) in [5.74, 6) is 0. The van der Waals surface area contributed by atoms with E-state index in [1.807, 2.05) is 6.07 Å². The molecule has 1 aliphatic heterocycles. The van der Waals surface area contributed by atoms with E-state index < -0.39 is 0 Å². The molecule has 0 bridgehead atoms. The lowest BCUT2D eigenvalue weighted by molar-refractivity contribution is 0.0912. The zero-order valence-electron chi connectivity index (χ0n) is 20.0. The maximum atomic E-state index is 12.8. The van der Waals surface area contributed by atoms with Gasteiger partial charge in [0.25, 0.3) is 5.56 Å². The molecule has 3 heterocycles. The smallest absolute Gasteiger partial charge is 0.252 e. The topological polar surface area (TPSA) is 65.2 Å². The molecule has 0 N–H and O–H groups in total. The molecule has 3 aromatic rings. The molecule has 1 aliphatic rings. The number of anilines is 1. The molecular weight excluding hydrogens is 410 g/mol. The molecule has 33 heavy (non-hydrogen) atoms. The summed E-state index contributed by atoms with van der Waals surface area (Å²) >= 11 is 0. The Hall–Kier alpha value is -3.17. The van der Waals surface area contributed by atoms with Gasteiger partial charge < -0.3 is 9.47 Å². The molecule has 1 unspecified atom stereocenters. The monoisotopic (exact) mass is 443 g/mol. The number of aryl methyl sites for hydroxylation is 1. The van der Waals surface area contributed by atoms with Crippen molar-refractivity contribution in [3.63, 3.8) is 0 Å². The molecule has 0 spiro atoms. The first-order chi connectivity index (χ1) is 16.0. The van der Waals surface area contributed by atoms with Crippen molar-refractivity contribution >= 4 is 16.7 Å². The second kappa shape index (κ2) is 9.76. The normalized spacial score (nSPS) is 20.0. The van der Waals surface area contributed by atoms with Gasteiger partial charge in [0.15, 0.2) is 0 Å². The summed E-state index contributed by atoms with van der Waals surface area (Å²) in [5, 5.41) is 9.41. The van der Waals surface area contributed by atoms with Gasteiger partial charge in [-0.05, 0) is 37.5 Å². The number of benzene rings is 1. The molecule has 2 aromatic heterocycles. The van der Waals surface area contributed by atoms with Crippen LogP contribution in [0.1, 0.15) is 57.3 Å². The molecule has 1 saturated heterocycles. The summed E-state index contributed by atoms with van der Waals surface area (Å²) in [6.45, 7) is 8.46. The van der Waals surface area contributed by atoms with Crippen LogP contribution in [-0.2, 0) is 7.05 Å². The maximum Gasteiger partial charge on any atom is 0.252 e. The Morgan fingerprint density at radius 1 is 1.15 bits per heavy atom. The number of pyridine rings is 2. The molecule has 0 radical (unpaired) electrons. The molecule has 0 aliphatic carbocycles. The summed E-state index contributed by atoms with van der Waals surface area (Å²) in [5.41, 5.74) is 4.00. The van der Waals surface area contributed by atoms with Crippen molar-refractivity contribution in [2.75, 3.05) is 18.0 Å². The van der Waals surface area contributed by atoms with Crippen LogP contribution < -0.4 is 10.5 Å². The van der Waals surface area contributed by atoms with Crippen molar-refractivity contribution < 1.29 is 0 Å². The highest BCUT2D eigenvalue weighted by Gasteiger charge is 2.36. The van der Waals surface area contributed by atoms with Crippen molar-refractivity contribution in [1.82, 2.24) is 14.5 Å². The van der Waals surface area contributed by atoms with E-state index in [9.17, 15) is 10.1 Å². The van der Waals surface area contributed by atoms with Gasteiger partial charge in [-0.15, -0.1) is 0 Å². The summed E-state index contributed by atoms with van der Waals surface area (Å²) in [4.78, 5) is 22.4. The zero-order chi connectivity index (χ0) is 23.5. The molecule has 3 atom stereocenters. The van der Waals surface area contributed by atoms with Crippen LogP contribution in [-0.4, -0.2) is 39.6 Å². The Bertz CT molecular complexity index is 1210. The average molecular weight is 444 g/mol. The first-order valence-corrected chi connectivity index (χ1v) is 12.0. The van der Waals surface area contributed by atoms with Crippen LogP contribution in [0.25, 0.3) is 11.0 Å². The third-order valence-electron chi connectivity index (χ3n) is 6.99. The van der Waals surface area contributed by atoms with Crippen molar-refractivity contribution in [2.24, 2.45) is 7.05 Å². The minimum atomic E-state index is -0.0557. The number of piperazine rings is 1. The highest BCUT2D eigenvalue weighted by atomic mass is 16.1. The van der Waals surface area contributed by atoms with Crippen molar-refractivity contribution in [3.05, 3.63) is 70.1 Å². The van der Waals surface area contributed by atoms with Gasteiger partial charge in [0.2, 0.25) is 0 Å². The zero-order valence-corrected chi connectivity index (χ0v) is 20.0. The number of hydrogen-bond acceptors (Lipinski definition) is 5.